The minimum absolute atomic E-state index is 0. The second-order valence-electron chi connectivity index (χ2n) is 5.54. The molecule has 0 amide bonds. The van der Waals surface area contributed by atoms with Crippen molar-refractivity contribution in [1.29, 1.82) is 0 Å². The van der Waals surface area contributed by atoms with Crippen LogP contribution < -0.4 is 0 Å². The van der Waals surface area contributed by atoms with E-state index in [0.29, 0.717) is 0 Å². The molecule has 0 aromatic heterocycles. The molecule has 0 aromatic carbocycles. The zero-order valence-corrected chi connectivity index (χ0v) is 13.7. The van der Waals surface area contributed by atoms with E-state index in [1.54, 1.807) is 13.3 Å². The van der Waals surface area contributed by atoms with Crippen molar-refractivity contribution in [1.82, 2.24) is 0 Å². The summed E-state index contributed by atoms with van der Waals surface area (Å²) in [6.45, 7) is 14.3. The van der Waals surface area contributed by atoms with Crippen molar-refractivity contribution in [2.75, 3.05) is 0 Å². The van der Waals surface area contributed by atoms with Crippen molar-refractivity contribution in [3.63, 3.8) is 0 Å². The van der Waals surface area contributed by atoms with Crippen molar-refractivity contribution in [3.8, 4) is 0 Å². The first-order valence-corrected chi connectivity index (χ1v) is 11.8. The molecule has 1 radical (unpaired) electrons. The Morgan fingerprint density at radius 1 is 0.643 bits per heavy atom. The molecule has 0 bridgehead atoms. The molecular formula is C12H29OSn. The van der Waals surface area contributed by atoms with Gasteiger partial charge in [-0.1, -0.05) is 0 Å². The standard InChI is InChI=1S/3C4H9.H2O.Sn/c3*1-4(2)3;;/h3*4H,1H2,2-3H3;1H2;. The summed E-state index contributed by atoms with van der Waals surface area (Å²) in [7, 11) is 0. The quantitative estimate of drug-likeness (QED) is 0.671. The molecule has 0 aromatic rings. The Morgan fingerprint density at radius 3 is 1.00 bits per heavy atom. The van der Waals surface area contributed by atoms with E-state index in [1.165, 1.54) is 0 Å². The van der Waals surface area contributed by atoms with Crippen molar-refractivity contribution < 1.29 is 5.48 Å². The molecule has 0 heterocycles. The molecule has 0 saturated heterocycles. The first kappa shape index (κ1) is 17.2. The summed E-state index contributed by atoms with van der Waals surface area (Å²) in [4.78, 5) is 0. The monoisotopic (exact) mass is 309 g/mol. The molecule has 0 saturated carbocycles. The molecule has 1 nitrogen and oxygen atoms in total. The van der Waals surface area contributed by atoms with E-state index in [0.717, 1.165) is 17.8 Å². The second kappa shape index (κ2) is 9.02. The minimum atomic E-state index is -0.976. The number of rotatable bonds is 6. The van der Waals surface area contributed by atoms with E-state index in [2.05, 4.69) is 41.5 Å². The van der Waals surface area contributed by atoms with E-state index in [9.17, 15) is 0 Å². The average Bonchev–Trinajstić information content (AvgIpc) is 1.80. The van der Waals surface area contributed by atoms with Gasteiger partial charge in [0, 0.05) is 0 Å². The third kappa shape index (κ3) is 10.8. The fourth-order valence-electron chi connectivity index (χ4n) is 1.98. The molecular weight excluding hydrogens is 279 g/mol. The number of hydrogen-bond donors (Lipinski definition) is 0. The van der Waals surface area contributed by atoms with E-state index < -0.39 is 19.8 Å². The Bertz CT molecular complexity index is 97.7. The molecule has 0 atom stereocenters. The Hall–Kier alpha value is 0.759. The van der Waals surface area contributed by atoms with Crippen LogP contribution in [0.4, 0.5) is 0 Å². The van der Waals surface area contributed by atoms with E-state index in [-0.39, 0.29) is 5.48 Å². The summed E-state index contributed by atoms with van der Waals surface area (Å²) in [6.07, 6.45) is 0. The van der Waals surface area contributed by atoms with Crippen LogP contribution >= 0.6 is 0 Å². The van der Waals surface area contributed by atoms with Gasteiger partial charge in [0.15, 0.2) is 0 Å². The van der Waals surface area contributed by atoms with Crippen LogP contribution in [-0.2, 0) is 0 Å². The van der Waals surface area contributed by atoms with Crippen molar-refractivity contribution >= 4 is 19.8 Å². The van der Waals surface area contributed by atoms with E-state index >= 15 is 0 Å². The first-order chi connectivity index (χ1) is 5.91. The van der Waals surface area contributed by atoms with Crippen LogP contribution in [0.15, 0.2) is 0 Å². The van der Waals surface area contributed by atoms with Gasteiger partial charge in [-0.3, -0.25) is 0 Å². The average molecular weight is 308 g/mol. The van der Waals surface area contributed by atoms with Crippen LogP contribution in [0.2, 0.25) is 13.3 Å². The molecule has 0 rings (SSSR count). The van der Waals surface area contributed by atoms with Crippen LogP contribution in [0, 0.1) is 17.8 Å². The normalized spacial score (nSPS) is 11.6. The van der Waals surface area contributed by atoms with E-state index in [1.807, 2.05) is 0 Å². The van der Waals surface area contributed by atoms with Gasteiger partial charge in [0.05, 0.1) is 0 Å². The van der Waals surface area contributed by atoms with Crippen molar-refractivity contribution in [2.45, 2.75) is 54.9 Å². The zero-order valence-electron chi connectivity index (χ0n) is 10.9. The smallest absolute Gasteiger partial charge is 0.412 e. The van der Waals surface area contributed by atoms with Crippen molar-refractivity contribution in [3.05, 3.63) is 0 Å². The summed E-state index contributed by atoms with van der Waals surface area (Å²) in [5, 5.41) is 0. The number of hydrogen-bond acceptors (Lipinski definition) is 0. The van der Waals surface area contributed by atoms with Gasteiger partial charge in [-0.25, -0.2) is 0 Å². The maximum absolute atomic E-state index is 2.39. The van der Waals surface area contributed by atoms with Gasteiger partial charge in [0.1, 0.15) is 0 Å². The molecule has 2 heteroatoms. The second-order valence-corrected chi connectivity index (χ2v) is 13.3. The Kier molecular flexibility index (Phi) is 11.1. The van der Waals surface area contributed by atoms with Crippen molar-refractivity contribution in [2.24, 2.45) is 17.8 Å². The first-order valence-electron chi connectivity index (χ1n) is 5.75. The molecule has 0 aliphatic rings. The predicted octanol–water partition coefficient (Wildman–Crippen LogP) is 3.62. The Labute approximate surface area is 97.7 Å². The summed E-state index contributed by atoms with van der Waals surface area (Å²) in [5.74, 6) is 2.85. The van der Waals surface area contributed by atoms with Crippen LogP contribution in [0.1, 0.15) is 41.5 Å². The topological polar surface area (TPSA) is 31.5 Å². The Morgan fingerprint density at radius 2 is 0.857 bits per heavy atom. The van der Waals surface area contributed by atoms with Gasteiger partial charge < -0.3 is 5.48 Å². The maximum atomic E-state index is 2.39. The molecule has 0 aliphatic carbocycles. The molecule has 2 N–H and O–H groups in total. The zero-order chi connectivity index (χ0) is 10.4. The molecule has 87 valence electrons. The van der Waals surface area contributed by atoms with Crippen LogP contribution in [0.3, 0.4) is 0 Å². The van der Waals surface area contributed by atoms with Gasteiger partial charge in [0.2, 0.25) is 0 Å². The predicted molar refractivity (Wildman–Crippen MR) is 68.3 cm³/mol. The SMILES string of the molecule is CC(C)[CH2][Sn]([CH2]C(C)C)[CH2]C(C)C.O. The van der Waals surface area contributed by atoms with Gasteiger partial charge in [-0.05, 0) is 0 Å². The van der Waals surface area contributed by atoms with Crippen LogP contribution in [0.5, 0.6) is 0 Å². The third-order valence-electron chi connectivity index (χ3n) is 2.09. The maximum Gasteiger partial charge on any atom is -0.412 e. The van der Waals surface area contributed by atoms with Crippen LogP contribution in [0.25, 0.3) is 0 Å². The fourth-order valence-corrected chi connectivity index (χ4v) is 13.3. The van der Waals surface area contributed by atoms with Gasteiger partial charge in [-0.15, -0.1) is 0 Å². The molecule has 0 aliphatic heterocycles. The van der Waals surface area contributed by atoms with E-state index in [4.69, 9.17) is 0 Å². The molecule has 0 unspecified atom stereocenters. The van der Waals surface area contributed by atoms with Gasteiger partial charge >= 0.3 is 92.4 Å². The molecule has 14 heavy (non-hydrogen) atoms. The minimum Gasteiger partial charge on any atom is -0.412 e. The summed E-state index contributed by atoms with van der Waals surface area (Å²) in [5.41, 5.74) is 0. The largest absolute Gasteiger partial charge is 0.412 e. The summed E-state index contributed by atoms with van der Waals surface area (Å²) >= 11 is -0.976. The molecule has 0 fully saturated rings. The van der Waals surface area contributed by atoms with Gasteiger partial charge in [-0.2, -0.15) is 0 Å². The third-order valence-corrected chi connectivity index (χ3v) is 14.0. The summed E-state index contributed by atoms with van der Waals surface area (Å²) in [6, 6.07) is 0. The van der Waals surface area contributed by atoms with Gasteiger partial charge in [0.25, 0.3) is 0 Å². The Balaban J connectivity index is 0. The fraction of sp³-hybridized carbons (Fsp3) is 1.00. The summed E-state index contributed by atoms with van der Waals surface area (Å²) < 4.78 is 4.83. The molecule has 0 spiro atoms. The van der Waals surface area contributed by atoms with Crippen LogP contribution in [-0.4, -0.2) is 25.2 Å².